The van der Waals surface area contributed by atoms with Gasteiger partial charge in [-0.15, -0.1) is 0 Å². The maximum atomic E-state index is 12.8. The number of hydrogen-bond acceptors (Lipinski definition) is 6. The molecule has 0 amide bonds. The highest BCUT2D eigenvalue weighted by Gasteiger charge is 2.19. The highest BCUT2D eigenvalue weighted by Crippen LogP contribution is 2.14. The lowest BCUT2D eigenvalue weighted by Gasteiger charge is -2.18. The summed E-state index contributed by atoms with van der Waals surface area (Å²) in [4.78, 5) is 37.8. The van der Waals surface area contributed by atoms with E-state index in [2.05, 4.69) is 106 Å². The van der Waals surface area contributed by atoms with Crippen LogP contribution in [0.15, 0.2) is 85.1 Å². The van der Waals surface area contributed by atoms with Crippen molar-refractivity contribution in [2.75, 3.05) is 13.2 Å². The van der Waals surface area contributed by atoms with Gasteiger partial charge in [0.15, 0.2) is 6.10 Å². The van der Waals surface area contributed by atoms with Crippen LogP contribution in [-0.4, -0.2) is 37.2 Å². The highest BCUT2D eigenvalue weighted by molar-refractivity contribution is 5.71. The summed E-state index contributed by atoms with van der Waals surface area (Å²) >= 11 is 0. The largest absolute Gasteiger partial charge is 0.462 e. The molecule has 372 valence electrons. The fourth-order valence-electron chi connectivity index (χ4n) is 7.32. The van der Waals surface area contributed by atoms with Gasteiger partial charge in [0.25, 0.3) is 0 Å². The molecule has 6 nitrogen and oxygen atoms in total. The summed E-state index contributed by atoms with van der Waals surface area (Å²) in [6, 6.07) is 0. The first-order valence-corrected chi connectivity index (χ1v) is 27.1. The van der Waals surface area contributed by atoms with Gasteiger partial charge in [-0.1, -0.05) is 221 Å². The Bertz CT molecular complexity index is 1270. The number of carbonyl (C=O) groups excluding carboxylic acids is 3. The third-order valence-electron chi connectivity index (χ3n) is 11.4. The van der Waals surface area contributed by atoms with Crippen LogP contribution in [0.4, 0.5) is 0 Å². The van der Waals surface area contributed by atoms with Gasteiger partial charge in [-0.3, -0.25) is 14.4 Å². The van der Waals surface area contributed by atoms with Crippen molar-refractivity contribution in [1.29, 1.82) is 0 Å². The average Bonchev–Trinajstić information content (AvgIpc) is 3.30. The molecule has 0 heterocycles. The second kappa shape index (κ2) is 53.2. The van der Waals surface area contributed by atoms with Crippen molar-refractivity contribution in [3.05, 3.63) is 85.1 Å². The van der Waals surface area contributed by atoms with Gasteiger partial charge in [-0.25, -0.2) is 0 Å². The van der Waals surface area contributed by atoms with Gasteiger partial charge >= 0.3 is 17.9 Å². The van der Waals surface area contributed by atoms with Crippen LogP contribution in [0.25, 0.3) is 0 Å². The molecule has 0 rings (SSSR count). The lowest BCUT2D eigenvalue weighted by molar-refractivity contribution is -0.167. The van der Waals surface area contributed by atoms with Gasteiger partial charge in [0, 0.05) is 19.3 Å². The van der Waals surface area contributed by atoms with Crippen LogP contribution in [0, 0.1) is 0 Å². The number of carbonyl (C=O) groups is 3. The Hall–Kier alpha value is -3.41. The Balaban J connectivity index is 4.19. The molecule has 6 heteroatoms. The molecule has 0 saturated carbocycles. The van der Waals surface area contributed by atoms with Crippen molar-refractivity contribution < 1.29 is 28.6 Å². The van der Waals surface area contributed by atoms with E-state index >= 15 is 0 Å². The summed E-state index contributed by atoms with van der Waals surface area (Å²) in [6.07, 6.45) is 68.8. The SMILES string of the molecule is CC/C=C\C/C=C\C/C=C\C/C=C\C/C=C\CCCCCCCCCCCC(=O)OCC(COC(=O)CCCCCCCC)OC(=O)CCCCCCC/C=C\C/C=C\CCCCCC. The minimum absolute atomic E-state index is 0.0840. The van der Waals surface area contributed by atoms with E-state index in [1.54, 1.807) is 0 Å². The molecule has 0 N–H and O–H groups in total. The third kappa shape index (κ3) is 51.4. The molecular formula is C59H100O6. The molecule has 0 saturated heterocycles. The molecule has 0 aliphatic rings. The minimum atomic E-state index is -0.783. The van der Waals surface area contributed by atoms with Crippen LogP contribution in [-0.2, 0) is 28.6 Å². The third-order valence-corrected chi connectivity index (χ3v) is 11.4. The molecule has 0 aromatic carbocycles. The minimum Gasteiger partial charge on any atom is -0.462 e. The first-order valence-electron chi connectivity index (χ1n) is 27.1. The average molecular weight is 905 g/mol. The second-order valence-electron chi connectivity index (χ2n) is 17.8. The van der Waals surface area contributed by atoms with Crippen molar-refractivity contribution in [3.8, 4) is 0 Å². The van der Waals surface area contributed by atoms with Crippen molar-refractivity contribution in [3.63, 3.8) is 0 Å². The predicted molar refractivity (Wildman–Crippen MR) is 279 cm³/mol. The topological polar surface area (TPSA) is 78.9 Å². The Kier molecular flexibility index (Phi) is 50.4. The van der Waals surface area contributed by atoms with Crippen LogP contribution in [0.2, 0.25) is 0 Å². The number of hydrogen-bond donors (Lipinski definition) is 0. The van der Waals surface area contributed by atoms with Gasteiger partial charge in [0.05, 0.1) is 0 Å². The lowest BCUT2D eigenvalue weighted by Crippen LogP contribution is -2.30. The maximum absolute atomic E-state index is 12.8. The molecule has 0 bridgehead atoms. The fourth-order valence-corrected chi connectivity index (χ4v) is 7.32. The molecule has 0 radical (unpaired) electrons. The predicted octanol–water partition coefficient (Wildman–Crippen LogP) is 18.0. The number of allylic oxidation sites excluding steroid dienone is 14. The smallest absolute Gasteiger partial charge is 0.306 e. The number of esters is 3. The van der Waals surface area contributed by atoms with Crippen LogP contribution in [0.5, 0.6) is 0 Å². The molecule has 0 aliphatic heterocycles. The quantitative estimate of drug-likeness (QED) is 0.0262. The lowest BCUT2D eigenvalue weighted by atomic mass is 10.1. The van der Waals surface area contributed by atoms with Gasteiger partial charge in [-0.2, -0.15) is 0 Å². The zero-order valence-electron chi connectivity index (χ0n) is 42.5. The van der Waals surface area contributed by atoms with E-state index in [1.165, 1.54) is 89.9 Å². The summed E-state index contributed by atoms with van der Waals surface area (Å²) in [5, 5.41) is 0. The normalized spacial score (nSPS) is 12.7. The molecule has 65 heavy (non-hydrogen) atoms. The highest BCUT2D eigenvalue weighted by atomic mass is 16.6. The maximum Gasteiger partial charge on any atom is 0.306 e. The number of rotatable bonds is 48. The monoisotopic (exact) mass is 905 g/mol. The van der Waals surface area contributed by atoms with E-state index in [9.17, 15) is 14.4 Å². The summed E-state index contributed by atoms with van der Waals surface area (Å²) in [5.41, 5.74) is 0. The summed E-state index contributed by atoms with van der Waals surface area (Å²) in [5.74, 6) is -0.913. The number of ether oxygens (including phenoxy) is 3. The van der Waals surface area contributed by atoms with E-state index in [-0.39, 0.29) is 31.1 Å². The van der Waals surface area contributed by atoms with Crippen molar-refractivity contribution in [2.24, 2.45) is 0 Å². The van der Waals surface area contributed by atoms with Crippen LogP contribution in [0.3, 0.4) is 0 Å². The summed E-state index contributed by atoms with van der Waals surface area (Å²) in [7, 11) is 0. The number of unbranched alkanes of at least 4 members (excludes halogenated alkanes) is 23. The zero-order chi connectivity index (χ0) is 47.2. The molecule has 0 fully saturated rings. The Morgan fingerprint density at radius 2 is 0.600 bits per heavy atom. The van der Waals surface area contributed by atoms with Crippen LogP contribution < -0.4 is 0 Å². The summed E-state index contributed by atoms with van der Waals surface area (Å²) < 4.78 is 16.7. The Morgan fingerprint density at radius 3 is 0.954 bits per heavy atom. The van der Waals surface area contributed by atoms with E-state index in [0.717, 1.165) is 122 Å². The zero-order valence-corrected chi connectivity index (χ0v) is 42.5. The standard InChI is InChI=1S/C59H100O6/c1-4-7-10-13-16-18-20-22-24-26-27-28-29-30-31-32-33-34-36-37-39-41-43-46-49-52-58(61)64-55-56(54-63-57(60)51-48-45-15-12-9-6-3)65-59(62)53-50-47-44-42-40-38-35-25-23-21-19-17-14-11-8-5-2/h7,10,16,18-19,21-22,24-25,27-28,30-31,35,56H,4-6,8-9,11-15,17,20,23,26,29,32-34,36-55H2,1-3H3/b10-7-,18-16-,21-19-,24-22-,28-27-,31-30-,35-25-. The molecular weight excluding hydrogens is 805 g/mol. The first-order chi connectivity index (χ1) is 32.0. The van der Waals surface area contributed by atoms with Gasteiger partial charge in [-0.05, 0) is 96.3 Å². The fraction of sp³-hybridized carbons (Fsp3) is 0.712. The van der Waals surface area contributed by atoms with Crippen molar-refractivity contribution in [1.82, 2.24) is 0 Å². The molecule has 1 unspecified atom stereocenters. The van der Waals surface area contributed by atoms with E-state index in [0.29, 0.717) is 19.3 Å². The summed E-state index contributed by atoms with van der Waals surface area (Å²) in [6.45, 7) is 6.43. The molecule has 0 aromatic heterocycles. The van der Waals surface area contributed by atoms with Gasteiger partial charge in [0.1, 0.15) is 13.2 Å². The van der Waals surface area contributed by atoms with E-state index in [4.69, 9.17) is 14.2 Å². The molecule has 0 aliphatic carbocycles. The van der Waals surface area contributed by atoms with E-state index in [1.807, 2.05) is 0 Å². The Morgan fingerprint density at radius 1 is 0.323 bits per heavy atom. The second-order valence-corrected chi connectivity index (χ2v) is 17.8. The van der Waals surface area contributed by atoms with Gasteiger partial charge < -0.3 is 14.2 Å². The van der Waals surface area contributed by atoms with E-state index < -0.39 is 6.10 Å². The van der Waals surface area contributed by atoms with Crippen molar-refractivity contribution >= 4 is 17.9 Å². The molecule has 0 aromatic rings. The van der Waals surface area contributed by atoms with Crippen LogP contribution >= 0.6 is 0 Å². The first kappa shape index (κ1) is 61.6. The molecule has 0 spiro atoms. The van der Waals surface area contributed by atoms with Gasteiger partial charge in [0.2, 0.25) is 0 Å². The molecule has 1 atom stereocenters. The Labute approximate surface area is 401 Å². The van der Waals surface area contributed by atoms with Crippen LogP contribution in [0.1, 0.15) is 252 Å². The van der Waals surface area contributed by atoms with Crippen molar-refractivity contribution in [2.45, 2.75) is 258 Å².